The van der Waals surface area contributed by atoms with E-state index in [1.165, 1.54) is 17.3 Å². The van der Waals surface area contributed by atoms with Gasteiger partial charge < -0.3 is 14.4 Å². The Hall–Kier alpha value is -2.06. The fourth-order valence-electron chi connectivity index (χ4n) is 2.69. The molecule has 2 heterocycles. The van der Waals surface area contributed by atoms with Gasteiger partial charge in [-0.15, -0.1) is 10.2 Å². The van der Waals surface area contributed by atoms with Gasteiger partial charge in [-0.3, -0.25) is 9.36 Å². The normalized spacial score (nSPS) is 15.7. The molecular weight excluding hydrogens is 352 g/mol. The highest BCUT2D eigenvalue weighted by Gasteiger charge is 2.25. The molecule has 26 heavy (non-hydrogen) atoms. The number of thioether (sulfide) groups is 1. The third kappa shape index (κ3) is 4.19. The number of carbonyl (C=O) groups excluding carboxylic acids is 1. The molecule has 1 aromatic heterocycles. The van der Waals surface area contributed by atoms with E-state index in [1.807, 2.05) is 23.6 Å². The summed E-state index contributed by atoms with van der Waals surface area (Å²) in [6.45, 7) is 8.92. The van der Waals surface area contributed by atoms with E-state index in [-0.39, 0.29) is 11.2 Å². The molecule has 8 heteroatoms. The lowest BCUT2D eigenvalue weighted by molar-refractivity contribution is -0.142. The van der Waals surface area contributed by atoms with Crippen LogP contribution in [0.1, 0.15) is 19.4 Å². The van der Waals surface area contributed by atoms with Crippen LogP contribution in [0.4, 0.5) is 5.95 Å². The molecule has 0 bridgehead atoms. The van der Waals surface area contributed by atoms with Crippen molar-refractivity contribution in [2.75, 3.05) is 37.8 Å². The van der Waals surface area contributed by atoms with E-state index >= 15 is 0 Å². The van der Waals surface area contributed by atoms with Crippen LogP contribution in [0, 0.1) is 6.92 Å². The highest BCUT2D eigenvalue weighted by molar-refractivity contribution is 8.00. The minimum Gasteiger partial charge on any atom is -0.465 e. The van der Waals surface area contributed by atoms with E-state index in [9.17, 15) is 4.79 Å². The summed E-state index contributed by atoms with van der Waals surface area (Å²) in [7, 11) is 0. The molecule has 0 N–H and O–H groups in total. The minimum absolute atomic E-state index is 0.246. The van der Waals surface area contributed by atoms with Crippen LogP contribution in [0.25, 0.3) is 5.69 Å². The summed E-state index contributed by atoms with van der Waals surface area (Å²) in [5.41, 5.74) is 2.16. The lowest BCUT2D eigenvalue weighted by Gasteiger charge is -2.28. The maximum atomic E-state index is 12.0. The minimum atomic E-state index is -0.360. The SMILES string of the molecule is CCOC(=O)[C@@H](C)Sc1nnc(N2CCOCC2)n1-c1ccc(C)cc1. The number of esters is 1. The Morgan fingerprint density at radius 1 is 1.27 bits per heavy atom. The van der Waals surface area contributed by atoms with Crippen molar-refractivity contribution in [2.45, 2.75) is 31.2 Å². The third-order valence-electron chi connectivity index (χ3n) is 4.10. The summed E-state index contributed by atoms with van der Waals surface area (Å²) in [5.74, 6) is 0.527. The van der Waals surface area contributed by atoms with Gasteiger partial charge in [-0.25, -0.2) is 0 Å². The van der Waals surface area contributed by atoms with E-state index in [0.29, 0.717) is 25.0 Å². The molecule has 0 spiro atoms. The predicted molar refractivity (Wildman–Crippen MR) is 101 cm³/mol. The van der Waals surface area contributed by atoms with Gasteiger partial charge in [0.05, 0.1) is 25.5 Å². The second-order valence-electron chi connectivity index (χ2n) is 6.07. The van der Waals surface area contributed by atoms with Crippen molar-refractivity contribution in [1.29, 1.82) is 0 Å². The van der Waals surface area contributed by atoms with Gasteiger partial charge in [0.25, 0.3) is 0 Å². The molecular formula is C18H24N4O3S. The largest absolute Gasteiger partial charge is 0.465 e. The van der Waals surface area contributed by atoms with Crippen molar-refractivity contribution >= 4 is 23.7 Å². The summed E-state index contributed by atoms with van der Waals surface area (Å²) >= 11 is 1.36. The number of morpholine rings is 1. The fraction of sp³-hybridized carbons (Fsp3) is 0.500. The fourth-order valence-corrected chi connectivity index (χ4v) is 3.55. The van der Waals surface area contributed by atoms with Gasteiger partial charge in [-0.05, 0) is 32.9 Å². The summed E-state index contributed by atoms with van der Waals surface area (Å²) in [4.78, 5) is 14.2. The zero-order chi connectivity index (χ0) is 18.5. The van der Waals surface area contributed by atoms with Crippen molar-refractivity contribution in [2.24, 2.45) is 0 Å². The van der Waals surface area contributed by atoms with Crippen molar-refractivity contribution in [3.05, 3.63) is 29.8 Å². The topological polar surface area (TPSA) is 69.5 Å². The van der Waals surface area contributed by atoms with Crippen molar-refractivity contribution < 1.29 is 14.3 Å². The number of aryl methyl sites for hydroxylation is 1. The Balaban J connectivity index is 1.94. The Labute approximate surface area is 157 Å². The molecule has 7 nitrogen and oxygen atoms in total. The van der Waals surface area contributed by atoms with E-state index < -0.39 is 0 Å². The predicted octanol–water partition coefficient (Wildman–Crippen LogP) is 2.46. The molecule has 3 rings (SSSR count). The standard InChI is InChI=1S/C18H24N4O3S/c1-4-25-16(23)14(3)26-18-20-19-17(21-9-11-24-12-10-21)22(18)15-7-5-13(2)6-8-15/h5-8,14H,4,9-12H2,1-3H3/t14-/m1/s1. The smallest absolute Gasteiger partial charge is 0.319 e. The maximum Gasteiger partial charge on any atom is 0.319 e. The first-order valence-electron chi connectivity index (χ1n) is 8.78. The first kappa shape index (κ1) is 18.7. The molecule has 0 radical (unpaired) electrons. The molecule has 0 aliphatic carbocycles. The molecule has 1 aromatic carbocycles. The molecule has 1 fully saturated rings. The number of hydrogen-bond acceptors (Lipinski definition) is 7. The molecule has 2 aromatic rings. The number of aromatic nitrogens is 3. The number of hydrogen-bond donors (Lipinski definition) is 0. The number of anilines is 1. The first-order valence-corrected chi connectivity index (χ1v) is 9.66. The van der Waals surface area contributed by atoms with E-state index in [4.69, 9.17) is 9.47 Å². The first-order chi connectivity index (χ1) is 12.6. The Kier molecular flexibility index (Phi) is 6.16. The molecule has 1 saturated heterocycles. The van der Waals surface area contributed by atoms with Crippen molar-refractivity contribution in [3.8, 4) is 5.69 Å². The van der Waals surface area contributed by atoms with Gasteiger partial charge in [0.2, 0.25) is 5.95 Å². The van der Waals surface area contributed by atoms with Crippen LogP contribution in [-0.4, -0.2) is 58.9 Å². The van der Waals surface area contributed by atoms with Gasteiger partial charge in [0, 0.05) is 13.1 Å². The highest BCUT2D eigenvalue weighted by atomic mass is 32.2. The second-order valence-corrected chi connectivity index (χ2v) is 7.37. The van der Waals surface area contributed by atoms with Crippen LogP contribution in [0.5, 0.6) is 0 Å². The lowest BCUT2D eigenvalue weighted by atomic mass is 10.2. The van der Waals surface area contributed by atoms with Crippen LogP contribution in [0.15, 0.2) is 29.4 Å². The second kappa shape index (κ2) is 8.55. The molecule has 1 aliphatic heterocycles. The van der Waals surface area contributed by atoms with E-state index in [2.05, 4.69) is 34.2 Å². The molecule has 1 atom stereocenters. The van der Waals surface area contributed by atoms with Gasteiger partial charge in [0.1, 0.15) is 5.25 Å². The number of rotatable bonds is 6. The van der Waals surface area contributed by atoms with Crippen LogP contribution in [0.2, 0.25) is 0 Å². The number of benzene rings is 1. The average molecular weight is 376 g/mol. The van der Waals surface area contributed by atoms with Crippen molar-refractivity contribution in [3.63, 3.8) is 0 Å². The average Bonchev–Trinajstić information content (AvgIpc) is 3.07. The quantitative estimate of drug-likeness (QED) is 0.566. The number of ether oxygens (including phenoxy) is 2. The van der Waals surface area contributed by atoms with Gasteiger partial charge in [-0.2, -0.15) is 0 Å². The lowest BCUT2D eigenvalue weighted by Crippen LogP contribution is -2.37. The highest BCUT2D eigenvalue weighted by Crippen LogP contribution is 2.30. The molecule has 1 aliphatic rings. The summed E-state index contributed by atoms with van der Waals surface area (Å²) < 4.78 is 12.6. The maximum absolute atomic E-state index is 12.0. The molecule has 0 saturated carbocycles. The van der Waals surface area contributed by atoms with E-state index in [1.54, 1.807) is 6.92 Å². The monoisotopic (exact) mass is 376 g/mol. The third-order valence-corrected chi connectivity index (χ3v) is 5.12. The summed E-state index contributed by atoms with van der Waals surface area (Å²) in [5, 5.41) is 9.08. The zero-order valence-corrected chi connectivity index (χ0v) is 16.2. The van der Waals surface area contributed by atoms with Crippen LogP contribution >= 0.6 is 11.8 Å². The Morgan fingerprint density at radius 2 is 1.96 bits per heavy atom. The molecule has 0 unspecified atom stereocenters. The molecule has 0 amide bonds. The van der Waals surface area contributed by atoms with Gasteiger partial charge >= 0.3 is 5.97 Å². The van der Waals surface area contributed by atoms with Crippen LogP contribution in [0.3, 0.4) is 0 Å². The number of carbonyl (C=O) groups is 1. The number of nitrogens with zero attached hydrogens (tertiary/aromatic N) is 4. The van der Waals surface area contributed by atoms with Gasteiger partial charge in [0.15, 0.2) is 5.16 Å². The van der Waals surface area contributed by atoms with Crippen molar-refractivity contribution in [1.82, 2.24) is 14.8 Å². The summed E-state index contributed by atoms with van der Waals surface area (Å²) in [6, 6.07) is 8.20. The van der Waals surface area contributed by atoms with Crippen LogP contribution in [-0.2, 0) is 14.3 Å². The zero-order valence-electron chi connectivity index (χ0n) is 15.3. The van der Waals surface area contributed by atoms with Gasteiger partial charge in [-0.1, -0.05) is 29.5 Å². The molecule has 140 valence electrons. The van der Waals surface area contributed by atoms with Crippen LogP contribution < -0.4 is 4.90 Å². The van der Waals surface area contributed by atoms with E-state index in [0.717, 1.165) is 24.7 Å². The summed E-state index contributed by atoms with van der Waals surface area (Å²) in [6.07, 6.45) is 0. The Bertz CT molecular complexity index is 741. The Morgan fingerprint density at radius 3 is 2.62 bits per heavy atom.